The molecule has 78 valence electrons. The second-order valence-corrected chi connectivity index (χ2v) is 3.38. The topological polar surface area (TPSA) is 78.4 Å². The van der Waals surface area contributed by atoms with Crippen LogP contribution < -0.4 is 10.6 Å². The number of benzene rings is 1. The van der Waals surface area contributed by atoms with Crippen molar-refractivity contribution >= 4 is 12.0 Å². The lowest BCUT2D eigenvalue weighted by Gasteiger charge is -2.22. The van der Waals surface area contributed by atoms with Crippen LogP contribution in [0.2, 0.25) is 0 Å². The van der Waals surface area contributed by atoms with E-state index in [1.807, 2.05) is 0 Å². The molecule has 3 N–H and O–H groups in total. The fourth-order valence-electron chi connectivity index (χ4n) is 1.64. The van der Waals surface area contributed by atoms with Crippen molar-refractivity contribution in [2.75, 3.05) is 6.54 Å². The van der Waals surface area contributed by atoms with Gasteiger partial charge in [0.15, 0.2) is 5.54 Å². The van der Waals surface area contributed by atoms with E-state index in [-0.39, 0.29) is 6.54 Å². The summed E-state index contributed by atoms with van der Waals surface area (Å²) in [6.45, 7) is 0.0607. The lowest BCUT2D eigenvalue weighted by Crippen LogP contribution is -2.47. The summed E-state index contributed by atoms with van der Waals surface area (Å²) in [5.41, 5.74) is -0.769. The number of rotatable bonds is 2. The number of aliphatic carboxylic acids is 1. The van der Waals surface area contributed by atoms with Crippen LogP contribution in [0.25, 0.3) is 0 Å². The van der Waals surface area contributed by atoms with E-state index in [9.17, 15) is 14.7 Å². The Bertz CT molecular complexity index is 404. The largest absolute Gasteiger partial charge is 0.479 e. The summed E-state index contributed by atoms with van der Waals surface area (Å²) < 4.78 is 0. The molecule has 1 aliphatic heterocycles. The number of carbonyl (C=O) groups excluding carboxylic acids is 1. The Hall–Kier alpha value is -2.04. The lowest BCUT2D eigenvalue weighted by molar-refractivity contribution is -0.143. The molecule has 1 fully saturated rings. The number of carboxylic acids is 1. The average Bonchev–Trinajstić information content (AvgIpc) is 2.63. The van der Waals surface area contributed by atoms with Crippen LogP contribution in [0.3, 0.4) is 0 Å². The molecule has 1 aliphatic rings. The summed E-state index contributed by atoms with van der Waals surface area (Å²) in [4.78, 5) is 22.3. The lowest BCUT2D eigenvalue weighted by atomic mass is 9.91. The highest BCUT2D eigenvalue weighted by Gasteiger charge is 2.46. The van der Waals surface area contributed by atoms with Gasteiger partial charge in [-0.15, -0.1) is 0 Å². The van der Waals surface area contributed by atoms with Crippen LogP contribution in [-0.4, -0.2) is 23.7 Å². The van der Waals surface area contributed by atoms with E-state index in [1.54, 1.807) is 30.3 Å². The number of hydrogen-bond acceptors (Lipinski definition) is 2. The van der Waals surface area contributed by atoms with Crippen LogP contribution in [-0.2, 0) is 10.3 Å². The first-order valence-electron chi connectivity index (χ1n) is 4.50. The summed E-state index contributed by atoms with van der Waals surface area (Å²) in [5, 5.41) is 14.1. The minimum Gasteiger partial charge on any atom is -0.479 e. The highest BCUT2D eigenvalue weighted by Crippen LogP contribution is 2.23. The first-order chi connectivity index (χ1) is 7.15. The van der Waals surface area contributed by atoms with Gasteiger partial charge in [-0.2, -0.15) is 0 Å². The summed E-state index contributed by atoms with van der Waals surface area (Å²) in [5.74, 6) is -1.06. The van der Waals surface area contributed by atoms with Crippen LogP contribution in [0.15, 0.2) is 30.3 Å². The number of hydrogen-bond donors (Lipinski definition) is 3. The van der Waals surface area contributed by atoms with Gasteiger partial charge in [-0.1, -0.05) is 30.3 Å². The fraction of sp³-hybridized carbons (Fsp3) is 0.200. The first kappa shape index (κ1) is 9.51. The standard InChI is InChI=1S/C10H10N2O3/c13-8(14)10(6-11-9(15)12-10)7-4-2-1-3-5-7/h1-5H,6H2,(H,13,14)(H2,11,12,15). The molecule has 0 radical (unpaired) electrons. The Kier molecular flexibility index (Phi) is 2.07. The van der Waals surface area contributed by atoms with E-state index >= 15 is 0 Å². The zero-order chi connectivity index (χ0) is 10.9. The fourth-order valence-corrected chi connectivity index (χ4v) is 1.64. The molecule has 0 spiro atoms. The zero-order valence-electron chi connectivity index (χ0n) is 7.86. The van der Waals surface area contributed by atoms with Gasteiger partial charge in [-0.3, -0.25) is 0 Å². The minimum absolute atomic E-state index is 0.0607. The van der Waals surface area contributed by atoms with E-state index in [4.69, 9.17) is 0 Å². The molecule has 1 aromatic rings. The number of carbonyl (C=O) groups is 2. The summed E-state index contributed by atoms with van der Waals surface area (Å²) in [6.07, 6.45) is 0. The molecule has 0 aliphatic carbocycles. The van der Waals surface area contributed by atoms with Crippen molar-refractivity contribution in [1.29, 1.82) is 0 Å². The maximum atomic E-state index is 11.2. The molecule has 1 aromatic carbocycles. The van der Waals surface area contributed by atoms with Gasteiger partial charge in [-0.25, -0.2) is 9.59 Å². The maximum Gasteiger partial charge on any atom is 0.336 e. The van der Waals surface area contributed by atoms with Gasteiger partial charge in [-0.05, 0) is 5.56 Å². The van der Waals surface area contributed by atoms with Crippen molar-refractivity contribution in [3.8, 4) is 0 Å². The van der Waals surface area contributed by atoms with Gasteiger partial charge in [0, 0.05) is 0 Å². The van der Waals surface area contributed by atoms with Crippen LogP contribution in [0.5, 0.6) is 0 Å². The smallest absolute Gasteiger partial charge is 0.336 e. The Morgan fingerprint density at radius 3 is 2.47 bits per heavy atom. The predicted octanol–water partition coefficient (Wildman–Crippen LogP) is 0.279. The molecular formula is C10H10N2O3. The number of carboxylic acid groups (broad SMARTS) is 1. The molecule has 5 heteroatoms. The van der Waals surface area contributed by atoms with E-state index < -0.39 is 17.5 Å². The molecule has 2 amide bonds. The van der Waals surface area contributed by atoms with Crippen molar-refractivity contribution in [2.24, 2.45) is 0 Å². The number of amides is 2. The van der Waals surface area contributed by atoms with Gasteiger partial charge in [0.2, 0.25) is 0 Å². The molecule has 5 nitrogen and oxygen atoms in total. The normalized spacial score (nSPS) is 24.4. The monoisotopic (exact) mass is 206 g/mol. The van der Waals surface area contributed by atoms with E-state index in [1.165, 1.54) is 0 Å². The first-order valence-corrected chi connectivity index (χ1v) is 4.50. The van der Waals surface area contributed by atoms with Crippen molar-refractivity contribution in [3.05, 3.63) is 35.9 Å². The quantitative estimate of drug-likeness (QED) is 0.650. The van der Waals surface area contributed by atoms with Crippen molar-refractivity contribution in [3.63, 3.8) is 0 Å². The van der Waals surface area contributed by atoms with Gasteiger partial charge in [0.25, 0.3) is 0 Å². The second-order valence-electron chi connectivity index (χ2n) is 3.38. The molecule has 0 aromatic heterocycles. The Labute approximate surface area is 86.1 Å². The van der Waals surface area contributed by atoms with Crippen LogP contribution in [0.4, 0.5) is 4.79 Å². The van der Waals surface area contributed by atoms with Gasteiger partial charge in [0.1, 0.15) is 0 Å². The Balaban J connectivity index is 2.45. The van der Waals surface area contributed by atoms with E-state index in [0.29, 0.717) is 5.56 Å². The zero-order valence-corrected chi connectivity index (χ0v) is 7.86. The van der Waals surface area contributed by atoms with Crippen LogP contribution >= 0.6 is 0 Å². The number of nitrogens with one attached hydrogen (secondary N) is 2. The molecule has 1 unspecified atom stereocenters. The van der Waals surface area contributed by atoms with Gasteiger partial charge >= 0.3 is 12.0 Å². The molecule has 2 rings (SSSR count). The molecule has 0 saturated carbocycles. The predicted molar refractivity (Wildman–Crippen MR) is 52.3 cm³/mol. The third-order valence-electron chi connectivity index (χ3n) is 2.47. The minimum atomic E-state index is -1.33. The number of urea groups is 1. The van der Waals surface area contributed by atoms with Crippen molar-refractivity contribution in [1.82, 2.24) is 10.6 Å². The summed E-state index contributed by atoms with van der Waals surface area (Å²) >= 11 is 0. The van der Waals surface area contributed by atoms with Gasteiger partial charge in [0.05, 0.1) is 6.54 Å². The second kappa shape index (κ2) is 3.27. The molecule has 1 heterocycles. The highest BCUT2D eigenvalue weighted by atomic mass is 16.4. The van der Waals surface area contributed by atoms with E-state index in [2.05, 4.69) is 10.6 Å². The molecule has 1 saturated heterocycles. The van der Waals surface area contributed by atoms with Crippen LogP contribution in [0.1, 0.15) is 5.56 Å². The van der Waals surface area contributed by atoms with Crippen LogP contribution in [0, 0.1) is 0 Å². The molecule has 1 atom stereocenters. The van der Waals surface area contributed by atoms with Crippen molar-refractivity contribution in [2.45, 2.75) is 5.54 Å². The third-order valence-corrected chi connectivity index (χ3v) is 2.47. The van der Waals surface area contributed by atoms with Gasteiger partial charge < -0.3 is 15.7 Å². The average molecular weight is 206 g/mol. The summed E-state index contributed by atoms with van der Waals surface area (Å²) in [6, 6.07) is 8.18. The highest BCUT2D eigenvalue weighted by molar-refractivity contribution is 5.91. The maximum absolute atomic E-state index is 11.2. The SMILES string of the molecule is O=C1NCC(C(=O)O)(c2ccccc2)N1. The molecule has 0 bridgehead atoms. The molecular weight excluding hydrogens is 196 g/mol. The molecule has 15 heavy (non-hydrogen) atoms. The Morgan fingerprint density at radius 2 is 2.00 bits per heavy atom. The third kappa shape index (κ3) is 1.41. The van der Waals surface area contributed by atoms with Crippen molar-refractivity contribution < 1.29 is 14.7 Å². The Morgan fingerprint density at radius 1 is 1.33 bits per heavy atom. The summed E-state index contributed by atoms with van der Waals surface area (Å²) in [7, 11) is 0. The van der Waals surface area contributed by atoms with E-state index in [0.717, 1.165) is 0 Å².